The Bertz CT molecular complexity index is 1290. The van der Waals surface area contributed by atoms with Crippen LogP contribution in [0, 0.1) is 0 Å². The molecule has 1 unspecified atom stereocenters. The van der Waals surface area contributed by atoms with Gasteiger partial charge in [-0.15, -0.1) is 0 Å². The number of aliphatic hydroxyl groups excluding tert-OH is 1. The first kappa shape index (κ1) is 24.5. The zero-order chi connectivity index (χ0) is 25.3. The number of ketones is 1. The molecule has 1 heterocycles. The highest BCUT2D eigenvalue weighted by atomic mass is 79.9. The molecule has 3 aromatic rings. The summed E-state index contributed by atoms with van der Waals surface area (Å²) in [6.45, 7) is 5.90. The molecule has 1 aliphatic heterocycles. The number of carbonyl (C=O) groups is 2. The fraction of sp³-hybridized carbons (Fsp3) is 0.214. The molecule has 3 aromatic carbocycles. The third-order valence-corrected chi connectivity index (χ3v) is 6.12. The maximum absolute atomic E-state index is 13.3. The van der Waals surface area contributed by atoms with E-state index in [1.54, 1.807) is 36.4 Å². The molecule has 0 aromatic heterocycles. The monoisotopic (exact) mass is 535 g/mol. The lowest BCUT2D eigenvalue weighted by molar-refractivity contribution is -0.140. The molecular formula is C28H26BrNO5. The number of likely N-dealkylation sites (tertiary alicyclic amines) is 1. The van der Waals surface area contributed by atoms with Gasteiger partial charge in [0.2, 0.25) is 0 Å². The molecule has 0 bridgehead atoms. The number of hydrogen-bond donors (Lipinski definition) is 2. The molecule has 1 aliphatic rings. The van der Waals surface area contributed by atoms with Crippen molar-refractivity contribution >= 4 is 33.4 Å². The summed E-state index contributed by atoms with van der Waals surface area (Å²) in [7, 11) is 0. The summed E-state index contributed by atoms with van der Waals surface area (Å²) >= 11 is 3.37. The van der Waals surface area contributed by atoms with Gasteiger partial charge in [0, 0.05) is 15.6 Å². The van der Waals surface area contributed by atoms with E-state index in [4.69, 9.17) is 4.74 Å². The van der Waals surface area contributed by atoms with Crippen molar-refractivity contribution in [2.75, 3.05) is 0 Å². The van der Waals surface area contributed by atoms with Crippen molar-refractivity contribution in [3.8, 4) is 11.5 Å². The molecule has 7 heteroatoms. The van der Waals surface area contributed by atoms with Crippen LogP contribution in [0.5, 0.6) is 11.5 Å². The second kappa shape index (κ2) is 9.58. The fourth-order valence-corrected chi connectivity index (χ4v) is 4.32. The largest absolute Gasteiger partial charge is 0.508 e. The van der Waals surface area contributed by atoms with E-state index in [9.17, 15) is 19.8 Å². The quantitative estimate of drug-likeness (QED) is 0.239. The Kier molecular flexibility index (Phi) is 6.72. The van der Waals surface area contributed by atoms with E-state index < -0.39 is 23.3 Å². The van der Waals surface area contributed by atoms with Gasteiger partial charge in [-0.05, 0) is 56.7 Å². The number of para-hydroxylation sites is 1. The molecule has 0 aliphatic carbocycles. The van der Waals surface area contributed by atoms with Gasteiger partial charge in [-0.3, -0.25) is 9.59 Å². The number of phenols is 1. The highest BCUT2D eigenvalue weighted by molar-refractivity contribution is 9.10. The number of hydrogen-bond acceptors (Lipinski definition) is 5. The van der Waals surface area contributed by atoms with E-state index in [0.29, 0.717) is 16.9 Å². The summed E-state index contributed by atoms with van der Waals surface area (Å²) in [5.74, 6) is -1.07. The first-order chi connectivity index (χ1) is 16.5. The molecule has 1 amide bonds. The van der Waals surface area contributed by atoms with E-state index in [1.165, 1.54) is 17.0 Å². The molecule has 4 rings (SSSR count). The molecule has 1 saturated heterocycles. The van der Waals surface area contributed by atoms with E-state index in [-0.39, 0.29) is 23.6 Å². The summed E-state index contributed by atoms with van der Waals surface area (Å²) in [5.41, 5.74) is 1.29. The van der Waals surface area contributed by atoms with Crippen LogP contribution in [0.15, 0.2) is 82.8 Å². The van der Waals surface area contributed by atoms with Crippen molar-refractivity contribution in [3.63, 3.8) is 0 Å². The normalized spacial score (nSPS) is 17.6. The van der Waals surface area contributed by atoms with Crippen LogP contribution in [0.25, 0.3) is 5.76 Å². The van der Waals surface area contributed by atoms with E-state index in [1.807, 2.05) is 45.0 Å². The molecule has 0 spiro atoms. The number of rotatable bonds is 5. The van der Waals surface area contributed by atoms with Gasteiger partial charge < -0.3 is 19.8 Å². The Labute approximate surface area is 212 Å². The van der Waals surface area contributed by atoms with E-state index in [0.717, 1.165) is 10.0 Å². The van der Waals surface area contributed by atoms with Crippen LogP contribution in [0.4, 0.5) is 0 Å². The SMILES string of the molecule is CC(C)(C)Oc1ccccc1CN1C(=O)C(=O)/C(=C(/O)c2ccc(Br)cc2)C1c1ccc(O)cc1. The lowest BCUT2D eigenvalue weighted by Gasteiger charge is -2.28. The van der Waals surface area contributed by atoms with Gasteiger partial charge in [0.05, 0.1) is 18.2 Å². The minimum atomic E-state index is -0.845. The number of aromatic hydroxyl groups is 1. The number of phenolic OH excluding ortho intramolecular Hbond substituents is 1. The van der Waals surface area contributed by atoms with Gasteiger partial charge in [-0.1, -0.05) is 58.4 Å². The number of Topliss-reactive ketones (excluding diaryl/α,β-unsaturated/α-hetero) is 1. The highest BCUT2D eigenvalue weighted by Crippen LogP contribution is 2.41. The molecule has 1 fully saturated rings. The topological polar surface area (TPSA) is 87.1 Å². The number of aliphatic hydroxyl groups is 1. The fourth-order valence-electron chi connectivity index (χ4n) is 4.06. The summed E-state index contributed by atoms with van der Waals surface area (Å²) in [4.78, 5) is 28.0. The molecule has 6 nitrogen and oxygen atoms in total. The average Bonchev–Trinajstić information content (AvgIpc) is 3.05. The summed E-state index contributed by atoms with van der Waals surface area (Å²) in [5, 5.41) is 21.0. The molecule has 1 atom stereocenters. The number of nitrogens with zero attached hydrogens (tertiary/aromatic N) is 1. The van der Waals surface area contributed by atoms with Crippen LogP contribution >= 0.6 is 15.9 Å². The van der Waals surface area contributed by atoms with Crippen molar-refractivity contribution in [1.82, 2.24) is 4.90 Å². The van der Waals surface area contributed by atoms with Crippen LogP contribution in [0.2, 0.25) is 0 Å². The van der Waals surface area contributed by atoms with Gasteiger partial charge in [0.25, 0.3) is 11.7 Å². The summed E-state index contributed by atoms with van der Waals surface area (Å²) in [6.07, 6.45) is 0. The maximum Gasteiger partial charge on any atom is 0.295 e. The van der Waals surface area contributed by atoms with Gasteiger partial charge >= 0.3 is 0 Å². The van der Waals surface area contributed by atoms with Crippen LogP contribution < -0.4 is 4.74 Å². The number of benzene rings is 3. The van der Waals surface area contributed by atoms with Crippen molar-refractivity contribution in [2.45, 2.75) is 39.0 Å². The third-order valence-electron chi connectivity index (χ3n) is 5.60. The second-order valence-corrected chi connectivity index (χ2v) is 10.3. The van der Waals surface area contributed by atoms with Crippen molar-refractivity contribution in [1.29, 1.82) is 0 Å². The number of carbonyl (C=O) groups excluding carboxylic acids is 2. The molecule has 180 valence electrons. The Morgan fingerprint density at radius 3 is 2.23 bits per heavy atom. The predicted octanol–water partition coefficient (Wildman–Crippen LogP) is 5.95. The van der Waals surface area contributed by atoms with Crippen molar-refractivity contribution in [3.05, 3.63) is 99.5 Å². The van der Waals surface area contributed by atoms with Crippen molar-refractivity contribution in [2.24, 2.45) is 0 Å². The Balaban J connectivity index is 1.83. The van der Waals surface area contributed by atoms with Crippen molar-refractivity contribution < 1.29 is 24.5 Å². The van der Waals surface area contributed by atoms with Crippen LogP contribution in [-0.4, -0.2) is 32.4 Å². The number of ether oxygens (including phenoxy) is 1. The minimum absolute atomic E-state index is 0.00256. The lowest BCUT2D eigenvalue weighted by atomic mass is 9.95. The van der Waals surface area contributed by atoms with Crippen LogP contribution in [-0.2, 0) is 16.1 Å². The second-order valence-electron chi connectivity index (χ2n) is 9.35. The lowest BCUT2D eigenvalue weighted by Crippen LogP contribution is -2.30. The molecule has 0 radical (unpaired) electrons. The molecular weight excluding hydrogens is 510 g/mol. The average molecular weight is 536 g/mol. The van der Waals surface area contributed by atoms with E-state index >= 15 is 0 Å². The number of amides is 1. The minimum Gasteiger partial charge on any atom is -0.508 e. The van der Waals surface area contributed by atoms with Crippen LogP contribution in [0.1, 0.15) is 43.5 Å². The number of halogens is 1. The van der Waals surface area contributed by atoms with E-state index in [2.05, 4.69) is 15.9 Å². The third kappa shape index (κ3) is 5.25. The predicted molar refractivity (Wildman–Crippen MR) is 137 cm³/mol. The smallest absolute Gasteiger partial charge is 0.295 e. The zero-order valence-corrected chi connectivity index (χ0v) is 21.2. The first-order valence-corrected chi connectivity index (χ1v) is 11.9. The van der Waals surface area contributed by atoms with Gasteiger partial charge in [-0.2, -0.15) is 0 Å². The molecule has 35 heavy (non-hydrogen) atoms. The summed E-state index contributed by atoms with van der Waals surface area (Å²) < 4.78 is 6.91. The van der Waals surface area contributed by atoms with Gasteiger partial charge in [-0.25, -0.2) is 0 Å². The molecule has 0 saturated carbocycles. The van der Waals surface area contributed by atoms with Crippen LogP contribution in [0.3, 0.4) is 0 Å². The standard InChI is InChI=1S/C28H26BrNO5/c1-28(2,3)35-22-7-5-4-6-19(22)16-30-24(17-10-14-21(31)15-11-17)23(26(33)27(30)34)25(32)18-8-12-20(29)13-9-18/h4-15,24,31-32H,16H2,1-3H3/b25-23+. The molecule has 2 N–H and O–H groups in total. The maximum atomic E-state index is 13.3. The Hall–Kier alpha value is -3.58. The van der Waals surface area contributed by atoms with Gasteiger partial charge in [0.15, 0.2) is 0 Å². The summed E-state index contributed by atoms with van der Waals surface area (Å²) in [6, 6.07) is 19.7. The van der Waals surface area contributed by atoms with Gasteiger partial charge in [0.1, 0.15) is 22.9 Å². The first-order valence-electron chi connectivity index (χ1n) is 11.2. The highest BCUT2D eigenvalue weighted by Gasteiger charge is 2.46. The Morgan fingerprint density at radius 1 is 0.971 bits per heavy atom. The zero-order valence-electron chi connectivity index (χ0n) is 19.7. The Morgan fingerprint density at radius 2 is 1.60 bits per heavy atom.